The smallest absolute Gasteiger partial charge is 0.0115 e. The number of rotatable bonds is 3. The fourth-order valence-corrected chi connectivity index (χ4v) is 5.37. The molecule has 3 heteroatoms. The van der Waals surface area contributed by atoms with Crippen LogP contribution in [0, 0.1) is 17.8 Å². The molecule has 0 amide bonds. The summed E-state index contributed by atoms with van der Waals surface area (Å²) in [5, 5.41) is 0. The van der Waals surface area contributed by atoms with Gasteiger partial charge in [-0.25, -0.2) is 0 Å². The second-order valence-electron chi connectivity index (χ2n) is 6.60. The molecule has 0 aromatic heterocycles. The number of nitrogens with two attached hydrogens (primary N) is 2. The van der Waals surface area contributed by atoms with Gasteiger partial charge in [-0.05, 0) is 69.1 Å². The van der Waals surface area contributed by atoms with Gasteiger partial charge in [0.15, 0.2) is 0 Å². The number of halogens is 1. The molecule has 0 aromatic carbocycles. The van der Waals surface area contributed by atoms with Crippen LogP contribution in [0.4, 0.5) is 0 Å². The molecule has 2 saturated carbocycles. The molecule has 2 rings (SSSR count). The van der Waals surface area contributed by atoms with Crippen molar-refractivity contribution in [3.63, 3.8) is 0 Å². The second kappa shape index (κ2) is 6.89. The van der Waals surface area contributed by atoms with Gasteiger partial charge in [0, 0.05) is 16.0 Å². The van der Waals surface area contributed by atoms with Crippen LogP contribution in [0.25, 0.3) is 0 Å². The second-order valence-corrected chi connectivity index (χ2v) is 8.57. The van der Waals surface area contributed by atoms with Crippen LogP contribution < -0.4 is 11.5 Å². The standard InChI is InChI=1S/C15H29IN2/c1-10(16)15(11-2-6-13(17)7-3-11)12-4-8-14(18)9-5-12/h10-15H,2-9,17-18H2,1H3. The minimum absolute atomic E-state index is 0.478. The largest absolute Gasteiger partial charge is 0.328 e. The Morgan fingerprint density at radius 2 is 1.11 bits per heavy atom. The molecule has 0 spiro atoms. The van der Waals surface area contributed by atoms with Gasteiger partial charge < -0.3 is 11.5 Å². The monoisotopic (exact) mass is 364 g/mol. The van der Waals surface area contributed by atoms with Crippen LogP contribution in [0.1, 0.15) is 58.3 Å². The van der Waals surface area contributed by atoms with Crippen LogP contribution >= 0.6 is 22.6 Å². The van der Waals surface area contributed by atoms with E-state index < -0.39 is 0 Å². The van der Waals surface area contributed by atoms with Crippen LogP contribution in [0.3, 0.4) is 0 Å². The zero-order valence-corrected chi connectivity index (χ0v) is 13.8. The van der Waals surface area contributed by atoms with Crippen molar-refractivity contribution in [1.82, 2.24) is 0 Å². The minimum atomic E-state index is 0.478. The number of hydrogen-bond acceptors (Lipinski definition) is 2. The molecular formula is C15H29IN2. The molecule has 106 valence electrons. The highest BCUT2D eigenvalue weighted by molar-refractivity contribution is 14.1. The first-order chi connectivity index (χ1) is 8.58. The van der Waals surface area contributed by atoms with Gasteiger partial charge in [0.2, 0.25) is 0 Å². The molecule has 0 saturated heterocycles. The zero-order valence-electron chi connectivity index (χ0n) is 11.7. The zero-order chi connectivity index (χ0) is 13.1. The molecule has 1 unspecified atom stereocenters. The van der Waals surface area contributed by atoms with Crippen molar-refractivity contribution < 1.29 is 0 Å². The molecule has 4 N–H and O–H groups in total. The molecule has 1 atom stereocenters. The third kappa shape index (κ3) is 3.83. The summed E-state index contributed by atoms with van der Waals surface area (Å²) < 4.78 is 0.793. The lowest BCUT2D eigenvalue weighted by Crippen LogP contribution is -2.38. The molecule has 2 fully saturated rings. The molecule has 2 nitrogen and oxygen atoms in total. The van der Waals surface area contributed by atoms with Crippen molar-refractivity contribution in [3.8, 4) is 0 Å². The third-order valence-corrected chi connectivity index (χ3v) is 6.08. The van der Waals surface area contributed by atoms with E-state index in [1.54, 1.807) is 0 Å². The molecule has 0 bridgehead atoms. The third-order valence-electron chi connectivity index (χ3n) is 5.25. The Labute approximate surface area is 126 Å². The maximum Gasteiger partial charge on any atom is 0.0115 e. The summed E-state index contributed by atoms with van der Waals surface area (Å²) in [4.78, 5) is 0. The summed E-state index contributed by atoms with van der Waals surface area (Å²) in [6.07, 6.45) is 10.4. The maximum atomic E-state index is 6.05. The van der Waals surface area contributed by atoms with E-state index in [9.17, 15) is 0 Å². The van der Waals surface area contributed by atoms with E-state index in [-0.39, 0.29) is 0 Å². The quantitative estimate of drug-likeness (QED) is 0.595. The fourth-order valence-electron chi connectivity index (χ4n) is 4.19. The molecule has 0 radical (unpaired) electrons. The van der Waals surface area contributed by atoms with E-state index >= 15 is 0 Å². The van der Waals surface area contributed by atoms with Crippen LogP contribution in [-0.4, -0.2) is 16.0 Å². The number of hydrogen-bond donors (Lipinski definition) is 2. The van der Waals surface area contributed by atoms with Crippen molar-refractivity contribution >= 4 is 22.6 Å². The van der Waals surface area contributed by atoms with Gasteiger partial charge in [-0.3, -0.25) is 0 Å². The summed E-state index contributed by atoms with van der Waals surface area (Å²) in [7, 11) is 0. The molecule has 2 aliphatic carbocycles. The van der Waals surface area contributed by atoms with Crippen LogP contribution in [0.5, 0.6) is 0 Å². The summed E-state index contributed by atoms with van der Waals surface area (Å²) >= 11 is 2.66. The topological polar surface area (TPSA) is 52.0 Å². The fraction of sp³-hybridized carbons (Fsp3) is 1.00. The SMILES string of the molecule is CC(I)C(C1CCC(N)CC1)C1CCC(N)CC1. The Morgan fingerprint density at radius 1 is 0.778 bits per heavy atom. The Bertz CT molecular complexity index is 219. The van der Waals surface area contributed by atoms with Crippen molar-refractivity contribution in [1.29, 1.82) is 0 Å². The van der Waals surface area contributed by atoms with Crippen molar-refractivity contribution in [3.05, 3.63) is 0 Å². The average molecular weight is 364 g/mol. The predicted molar refractivity (Wildman–Crippen MR) is 86.8 cm³/mol. The maximum absolute atomic E-state index is 6.05. The van der Waals surface area contributed by atoms with E-state index in [1.165, 1.54) is 51.4 Å². The summed E-state index contributed by atoms with van der Waals surface area (Å²) in [5.41, 5.74) is 12.1. The minimum Gasteiger partial charge on any atom is -0.328 e. The summed E-state index contributed by atoms with van der Waals surface area (Å²) in [6.45, 7) is 2.41. The van der Waals surface area contributed by atoms with Gasteiger partial charge in [-0.1, -0.05) is 29.5 Å². The lowest BCUT2D eigenvalue weighted by molar-refractivity contribution is 0.137. The molecule has 0 aliphatic heterocycles. The number of alkyl halides is 1. The summed E-state index contributed by atoms with van der Waals surface area (Å²) in [6, 6.07) is 0.956. The van der Waals surface area contributed by atoms with Crippen LogP contribution in [-0.2, 0) is 0 Å². The molecule has 0 aromatic rings. The van der Waals surface area contributed by atoms with E-state index in [0.717, 1.165) is 21.7 Å². The molecule has 2 aliphatic rings. The van der Waals surface area contributed by atoms with Crippen molar-refractivity contribution in [2.75, 3.05) is 0 Å². The Morgan fingerprint density at radius 3 is 1.39 bits per heavy atom. The molecular weight excluding hydrogens is 335 g/mol. The van der Waals surface area contributed by atoms with Gasteiger partial charge >= 0.3 is 0 Å². The lowest BCUT2D eigenvalue weighted by atomic mass is 9.67. The van der Waals surface area contributed by atoms with E-state index in [1.807, 2.05) is 0 Å². The van der Waals surface area contributed by atoms with Gasteiger partial charge in [0.1, 0.15) is 0 Å². The molecule has 18 heavy (non-hydrogen) atoms. The van der Waals surface area contributed by atoms with Gasteiger partial charge in [-0.15, -0.1) is 0 Å². The van der Waals surface area contributed by atoms with E-state index in [2.05, 4.69) is 29.5 Å². The first kappa shape index (κ1) is 15.0. The van der Waals surface area contributed by atoms with Crippen LogP contribution in [0.2, 0.25) is 0 Å². The van der Waals surface area contributed by atoms with Gasteiger partial charge in [-0.2, -0.15) is 0 Å². The normalized spacial score (nSPS) is 41.3. The Kier molecular flexibility index (Phi) is 5.76. The average Bonchev–Trinajstić information content (AvgIpc) is 2.34. The van der Waals surface area contributed by atoms with E-state index in [4.69, 9.17) is 11.5 Å². The summed E-state index contributed by atoms with van der Waals surface area (Å²) in [5.74, 6) is 2.76. The lowest BCUT2D eigenvalue weighted by Gasteiger charge is -2.41. The van der Waals surface area contributed by atoms with Crippen LogP contribution in [0.15, 0.2) is 0 Å². The van der Waals surface area contributed by atoms with Gasteiger partial charge in [0.05, 0.1) is 0 Å². The van der Waals surface area contributed by atoms with Crippen molar-refractivity contribution in [2.45, 2.75) is 74.3 Å². The highest BCUT2D eigenvalue weighted by Crippen LogP contribution is 2.43. The van der Waals surface area contributed by atoms with Gasteiger partial charge in [0.25, 0.3) is 0 Å². The predicted octanol–water partition coefficient (Wildman–Crippen LogP) is 3.46. The Hall–Kier alpha value is 0.650. The molecule has 0 heterocycles. The highest BCUT2D eigenvalue weighted by Gasteiger charge is 2.35. The van der Waals surface area contributed by atoms with Crippen molar-refractivity contribution in [2.24, 2.45) is 29.2 Å². The van der Waals surface area contributed by atoms with E-state index in [0.29, 0.717) is 12.1 Å². The highest BCUT2D eigenvalue weighted by atomic mass is 127. The Balaban J connectivity index is 1.95. The first-order valence-corrected chi connectivity index (χ1v) is 8.97. The first-order valence-electron chi connectivity index (χ1n) is 7.73.